The Hall–Kier alpha value is -1.36. The van der Waals surface area contributed by atoms with Crippen molar-refractivity contribution in [3.8, 4) is 0 Å². The first-order valence-corrected chi connectivity index (χ1v) is 6.61. The summed E-state index contributed by atoms with van der Waals surface area (Å²) in [7, 11) is 0. The summed E-state index contributed by atoms with van der Waals surface area (Å²) in [5, 5.41) is 3.97. The summed E-state index contributed by atoms with van der Waals surface area (Å²) in [6.07, 6.45) is 1.97. The Bertz CT molecular complexity index is 416. The molecule has 0 spiro atoms. The van der Waals surface area contributed by atoms with Crippen LogP contribution < -0.4 is 5.73 Å². The first-order valence-electron chi connectivity index (χ1n) is 6.61. The van der Waals surface area contributed by atoms with Crippen LogP contribution in [-0.4, -0.2) is 35.6 Å². The van der Waals surface area contributed by atoms with Crippen LogP contribution in [0.3, 0.4) is 0 Å². The number of hydrogen-bond donors (Lipinski definition) is 1. The average molecular weight is 251 g/mol. The Labute approximate surface area is 107 Å². The van der Waals surface area contributed by atoms with E-state index in [-0.39, 0.29) is 5.91 Å². The molecule has 0 radical (unpaired) electrons. The van der Waals surface area contributed by atoms with Crippen molar-refractivity contribution in [1.82, 2.24) is 10.1 Å². The number of likely N-dealkylation sites (tertiary alicyclic amines) is 1. The lowest BCUT2D eigenvalue weighted by Crippen LogP contribution is -2.29. The van der Waals surface area contributed by atoms with Crippen molar-refractivity contribution >= 4 is 5.91 Å². The van der Waals surface area contributed by atoms with Crippen LogP contribution in [0.4, 0.5) is 0 Å². The van der Waals surface area contributed by atoms with E-state index in [0.717, 1.165) is 31.6 Å². The van der Waals surface area contributed by atoms with Crippen LogP contribution in [0.1, 0.15) is 48.9 Å². The third-order valence-electron chi connectivity index (χ3n) is 3.76. The van der Waals surface area contributed by atoms with Gasteiger partial charge in [0.15, 0.2) is 0 Å². The molecular weight excluding hydrogens is 230 g/mol. The topological polar surface area (TPSA) is 72.4 Å². The first-order chi connectivity index (χ1) is 8.65. The van der Waals surface area contributed by atoms with Gasteiger partial charge in [-0.3, -0.25) is 4.79 Å². The molecule has 1 aromatic rings. The van der Waals surface area contributed by atoms with Gasteiger partial charge in [0.25, 0.3) is 5.91 Å². The second-order valence-electron chi connectivity index (χ2n) is 5.07. The van der Waals surface area contributed by atoms with Crippen molar-refractivity contribution in [2.24, 2.45) is 11.7 Å². The summed E-state index contributed by atoms with van der Waals surface area (Å²) in [4.78, 5) is 14.0. The molecule has 0 bridgehead atoms. The molecule has 1 aromatic heterocycles. The number of aromatic nitrogens is 1. The van der Waals surface area contributed by atoms with Crippen LogP contribution >= 0.6 is 0 Å². The summed E-state index contributed by atoms with van der Waals surface area (Å²) in [6, 6.07) is 1.77. The van der Waals surface area contributed by atoms with Crippen LogP contribution in [-0.2, 0) is 0 Å². The molecule has 100 valence electrons. The van der Waals surface area contributed by atoms with Crippen LogP contribution in [0.2, 0.25) is 0 Å². The highest BCUT2D eigenvalue weighted by Crippen LogP contribution is 2.21. The quantitative estimate of drug-likeness (QED) is 0.882. The lowest BCUT2D eigenvalue weighted by molar-refractivity contribution is 0.0746. The molecule has 1 aliphatic heterocycles. The van der Waals surface area contributed by atoms with E-state index in [0.29, 0.717) is 24.1 Å². The molecule has 1 fully saturated rings. The number of nitrogens with two attached hydrogens (primary N) is 1. The van der Waals surface area contributed by atoms with Crippen molar-refractivity contribution in [2.45, 2.75) is 32.6 Å². The molecule has 18 heavy (non-hydrogen) atoms. The standard InChI is InChI=1S/C13H21N3O2/c1-3-9(2)11-6-12(18-15-11)13(17)16-5-4-10(7-14)8-16/h6,9-10H,3-5,7-8,14H2,1-2H3/t9-,10+/m1/s1. The molecule has 1 aliphatic rings. The fourth-order valence-corrected chi connectivity index (χ4v) is 2.20. The van der Waals surface area contributed by atoms with Gasteiger partial charge in [-0.2, -0.15) is 0 Å². The minimum Gasteiger partial charge on any atom is -0.351 e. The van der Waals surface area contributed by atoms with Crippen LogP contribution in [0.5, 0.6) is 0 Å². The van der Waals surface area contributed by atoms with Crippen molar-refractivity contribution < 1.29 is 9.32 Å². The van der Waals surface area contributed by atoms with Crippen molar-refractivity contribution in [1.29, 1.82) is 0 Å². The molecule has 0 aliphatic carbocycles. The van der Waals surface area contributed by atoms with E-state index in [1.807, 2.05) is 0 Å². The Morgan fingerprint density at radius 1 is 1.72 bits per heavy atom. The lowest BCUT2D eigenvalue weighted by atomic mass is 10.1. The SMILES string of the molecule is CC[C@@H](C)c1cc(C(=O)N2CC[C@@H](CN)C2)on1. The van der Waals surface area contributed by atoms with Gasteiger partial charge in [-0.25, -0.2) is 0 Å². The molecule has 1 amide bonds. The van der Waals surface area contributed by atoms with Crippen molar-refractivity contribution in [2.75, 3.05) is 19.6 Å². The largest absolute Gasteiger partial charge is 0.351 e. The maximum absolute atomic E-state index is 12.2. The molecule has 5 nitrogen and oxygen atoms in total. The molecule has 1 saturated heterocycles. The predicted octanol–water partition coefficient (Wildman–Crippen LogP) is 1.61. The average Bonchev–Trinajstić information content (AvgIpc) is 3.05. The van der Waals surface area contributed by atoms with E-state index < -0.39 is 0 Å². The normalized spacial score (nSPS) is 21.3. The number of amides is 1. The number of carbonyl (C=O) groups is 1. The second-order valence-corrected chi connectivity index (χ2v) is 5.07. The predicted molar refractivity (Wildman–Crippen MR) is 68.3 cm³/mol. The number of carbonyl (C=O) groups excluding carboxylic acids is 1. The summed E-state index contributed by atoms with van der Waals surface area (Å²) in [5.41, 5.74) is 6.48. The van der Waals surface area contributed by atoms with E-state index in [1.165, 1.54) is 0 Å². The van der Waals surface area contributed by atoms with Gasteiger partial charge in [0.1, 0.15) is 0 Å². The zero-order valence-electron chi connectivity index (χ0n) is 11.1. The highest BCUT2D eigenvalue weighted by Gasteiger charge is 2.28. The third kappa shape index (κ3) is 2.56. The van der Waals surface area contributed by atoms with Gasteiger partial charge in [-0.15, -0.1) is 0 Å². The van der Waals surface area contributed by atoms with Crippen molar-refractivity contribution in [3.05, 3.63) is 17.5 Å². The fourth-order valence-electron chi connectivity index (χ4n) is 2.20. The first kappa shape index (κ1) is 13.1. The fraction of sp³-hybridized carbons (Fsp3) is 0.692. The zero-order valence-corrected chi connectivity index (χ0v) is 11.1. The van der Waals surface area contributed by atoms with E-state index >= 15 is 0 Å². The molecular formula is C13H21N3O2. The van der Waals surface area contributed by atoms with Gasteiger partial charge >= 0.3 is 0 Å². The summed E-state index contributed by atoms with van der Waals surface area (Å²) >= 11 is 0. The molecule has 2 rings (SSSR count). The molecule has 2 atom stereocenters. The highest BCUT2D eigenvalue weighted by atomic mass is 16.5. The van der Waals surface area contributed by atoms with Gasteiger partial charge in [0.05, 0.1) is 5.69 Å². The molecule has 5 heteroatoms. The van der Waals surface area contributed by atoms with E-state index in [1.54, 1.807) is 11.0 Å². The van der Waals surface area contributed by atoms with E-state index in [4.69, 9.17) is 10.3 Å². The van der Waals surface area contributed by atoms with Crippen LogP contribution in [0, 0.1) is 5.92 Å². The van der Waals surface area contributed by atoms with Crippen LogP contribution in [0.15, 0.2) is 10.6 Å². The zero-order chi connectivity index (χ0) is 13.1. The van der Waals surface area contributed by atoms with E-state index in [2.05, 4.69) is 19.0 Å². The second kappa shape index (κ2) is 5.52. The Morgan fingerprint density at radius 2 is 2.50 bits per heavy atom. The lowest BCUT2D eigenvalue weighted by Gasteiger charge is -2.13. The maximum Gasteiger partial charge on any atom is 0.292 e. The number of rotatable bonds is 4. The Balaban J connectivity index is 2.03. The van der Waals surface area contributed by atoms with Gasteiger partial charge < -0.3 is 15.2 Å². The van der Waals surface area contributed by atoms with Gasteiger partial charge in [0, 0.05) is 25.1 Å². The molecule has 2 heterocycles. The molecule has 2 N–H and O–H groups in total. The molecule has 0 unspecified atom stereocenters. The summed E-state index contributed by atoms with van der Waals surface area (Å²) in [6.45, 7) is 6.30. The summed E-state index contributed by atoms with van der Waals surface area (Å²) in [5.74, 6) is 1.03. The maximum atomic E-state index is 12.2. The number of hydrogen-bond acceptors (Lipinski definition) is 4. The smallest absolute Gasteiger partial charge is 0.292 e. The van der Waals surface area contributed by atoms with Crippen LogP contribution in [0.25, 0.3) is 0 Å². The van der Waals surface area contributed by atoms with Gasteiger partial charge in [0.2, 0.25) is 5.76 Å². The third-order valence-corrected chi connectivity index (χ3v) is 3.76. The molecule has 0 aromatic carbocycles. The van der Waals surface area contributed by atoms with E-state index in [9.17, 15) is 4.79 Å². The number of nitrogens with zero attached hydrogens (tertiary/aromatic N) is 2. The van der Waals surface area contributed by atoms with Gasteiger partial charge in [-0.05, 0) is 25.3 Å². The molecule has 0 saturated carbocycles. The monoisotopic (exact) mass is 251 g/mol. The minimum atomic E-state index is -0.0620. The Kier molecular flexibility index (Phi) is 4.01. The van der Waals surface area contributed by atoms with Crippen molar-refractivity contribution in [3.63, 3.8) is 0 Å². The highest BCUT2D eigenvalue weighted by molar-refractivity contribution is 5.91. The minimum absolute atomic E-state index is 0.0620. The summed E-state index contributed by atoms with van der Waals surface area (Å²) < 4.78 is 5.16. The Morgan fingerprint density at radius 3 is 3.11 bits per heavy atom. The van der Waals surface area contributed by atoms with Gasteiger partial charge in [-0.1, -0.05) is 19.0 Å².